The Bertz CT molecular complexity index is 889. The average molecular weight is 427 g/mol. The van der Waals surface area contributed by atoms with Crippen molar-refractivity contribution in [2.24, 2.45) is 0 Å². The summed E-state index contributed by atoms with van der Waals surface area (Å²) in [7, 11) is -4.23. The van der Waals surface area contributed by atoms with Crippen molar-refractivity contribution in [1.29, 1.82) is 0 Å². The van der Waals surface area contributed by atoms with E-state index in [0.717, 1.165) is 4.31 Å². The molecule has 3 rings (SSSR count). The van der Waals surface area contributed by atoms with Gasteiger partial charge in [0.2, 0.25) is 10.0 Å². The first-order chi connectivity index (χ1) is 11.8. The second-order valence-electron chi connectivity index (χ2n) is 5.59. The molecule has 4 nitrogen and oxygen atoms in total. The summed E-state index contributed by atoms with van der Waals surface area (Å²) in [5, 5.41) is 3.52. The van der Waals surface area contributed by atoms with Gasteiger partial charge in [0.05, 0.1) is 10.9 Å². The van der Waals surface area contributed by atoms with Gasteiger partial charge in [-0.1, -0.05) is 23.7 Å². The topological polar surface area (TPSA) is 49.4 Å². The lowest BCUT2D eigenvalue weighted by atomic mass is 10.1. The van der Waals surface area contributed by atoms with Crippen LogP contribution in [-0.4, -0.2) is 32.4 Å². The van der Waals surface area contributed by atoms with Gasteiger partial charge in [-0.15, -0.1) is 12.4 Å². The molecule has 1 N–H and O–H groups in total. The molecule has 2 aromatic carbocycles. The summed E-state index contributed by atoms with van der Waals surface area (Å²) >= 11 is 5.97. The SMILES string of the molecule is Cl.O=S(=O)(c1cc(F)c(F)c(F)c1)N1CCNCC1c1cccc(Cl)c1. The lowest BCUT2D eigenvalue weighted by Crippen LogP contribution is -2.48. The van der Waals surface area contributed by atoms with Crippen molar-refractivity contribution in [2.75, 3.05) is 19.6 Å². The summed E-state index contributed by atoms with van der Waals surface area (Å²) in [5.74, 6) is -4.80. The minimum absolute atomic E-state index is 0. The molecule has 0 bridgehead atoms. The number of sulfonamides is 1. The Morgan fingerprint density at radius 2 is 1.77 bits per heavy atom. The fraction of sp³-hybridized carbons (Fsp3) is 0.250. The summed E-state index contributed by atoms with van der Waals surface area (Å²) in [4.78, 5) is -0.627. The first-order valence-electron chi connectivity index (χ1n) is 7.43. The molecule has 10 heteroatoms. The summed E-state index contributed by atoms with van der Waals surface area (Å²) in [6, 6.07) is 7.08. The van der Waals surface area contributed by atoms with Crippen LogP contribution in [-0.2, 0) is 10.0 Å². The van der Waals surface area contributed by atoms with Crippen LogP contribution in [0.2, 0.25) is 5.02 Å². The lowest BCUT2D eigenvalue weighted by Gasteiger charge is -2.35. The van der Waals surface area contributed by atoms with Crippen LogP contribution in [0, 0.1) is 17.5 Å². The Hall–Kier alpha value is -1.32. The zero-order valence-corrected chi connectivity index (χ0v) is 15.6. The highest BCUT2D eigenvalue weighted by atomic mass is 35.5. The van der Waals surface area contributed by atoms with E-state index in [1.54, 1.807) is 24.3 Å². The van der Waals surface area contributed by atoms with Gasteiger partial charge in [-0.2, -0.15) is 4.31 Å². The molecule has 1 aliphatic heterocycles. The second kappa shape index (κ2) is 8.14. The zero-order valence-electron chi connectivity index (χ0n) is 13.3. The predicted molar refractivity (Wildman–Crippen MR) is 94.5 cm³/mol. The fourth-order valence-corrected chi connectivity index (χ4v) is 4.63. The highest BCUT2D eigenvalue weighted by molar-refractivity contribution is 7.89. The van der Waals surface area contributed by atoms with Crippen LogP contribution in [0.4, 0.5) is 13.2 Å². The quantitative estimate of drug-likeness (QED) is 0.763. The van der Waals surface area contributed by atoms with Gasteiger partial charge in [-0.05, 0) is 29.8 Å². The van der Waals surface area contributed by atoms with Crippen LogP contribution in [0.5, 0.6) is 0 Å². The maximum absolute atomic E-state index is 13.5. The van der Waals surface area contributed by atoms with E-state index >= 15 is 0 Å². The molecule has 0 spiro atoms. The highest BCUT2D eigenvalue weighted by Crippen LogP contribution is 2.31. The molecule has 142 valence electrons. The smallest absolute Gasteiger partial charge is 0.243 e. The molecule has 26 heavy (non-hydrogen) atoms. The summed E-state index contributed by atoms with van der Waals surface area (Å²) in [6.07, 6.45) is 0. The molecule has 0 aromatic heterocycles. The average Bonchev–Trinajstić information content (AvgIpc) is 2.59. The summed E-state index contributed by atoms with van der Waals surface area (Å²) in [5.41, 5.74) is 0.645. The van der Waals surface area contributed by atoms with Gasteiger partial charge in [0, 0.05) is 24.7 Å². The molecule has 1 fully saturated rings. The number of halogens is 5. The molecular weight excluding hydrogens is 412 g/mol. The largest absolute Gasteiger partial charge is 0.313 e. The van der Waals surface area contributed by atoms with E-state index < -0.39 is 38.4 Å². The molecule has 1 heterocycles. The minimum Gasteiger partial charge on any atom is -0.313 e. The van der Waals surface area contributed by atoms with Gasteiger partial charge in [0.15, 0.2) is 17.5 Å². The third-order valence-corrected chi connectivity index (χ3v) is 6.11. The van der Waals surface area contributed by atoms with Crippen molar-refractivity contribution in [1.82, 2.24) is 9.62 Å². The van der Waals surface area contributed by atoms with Gasteiger partial charge in [0.1, 0.15) is 0 Å². The number of piperazine rings is 1. The van der Waals surface area contributed by atoms with Gasteiger partial charge in [-0.25, -0.2) is 21.6 Å². The molecule has 0 aliphatic carbocycles. The molecule has 1 saturated heterocycles. The van der Waals surface area contributed by atoms with Crippen LogP contribution < -0.4 is 5.32 Å². The Morgan fingerprint density at radius 3 is 2.38 bits per heavy atom. The van der Waals surface area contributed by atoms with E-state index in [1.165, 1.54) is 0 Å². The van der Waals surface area contributed by atoms with E-state index in [9.17, 15) is 21.6 Å². The van der Waals surface area contributed by atoms with E-state index in [1.807, 2.05) is 0 Å². The standard InChI is InChI=1S/C16H14ClF3N2O2S.ClH/c17-11-3-1-2-10(6-11)15-9-21-4-5-22(15)25(23,24)12-7-13(18)16(20)14(19)8-12;/h1-3,6-8,15,21H,4-5,9H2;1H. The summed E-state index contributed by atoms with van der Waals surface area (Å²) < 4.78 is 67.0. The molecule has 2 aromatic rings. The number of nitrogens with one attached hydrogen (secondary N) is 1. The van der Waals surface area contributed by atoms with Gasteiger partial charge in [-0.3, -0.25) is 0 Å². The molecule has 0 amide bonds. The van der Waals surface area contributed by atoms with Crippen LogP contribution in [0.25, 0.3) is 0 Å². The van der Waals surface area contributed by atoms with Crippen molar-refractivity contribution in [2.45, 2.75) is 10.9 Å². The van der Waals surface area contributed by atoms with Crippen LogP contribution in [0.15, 0.2) is 41.3 Å². The fourth-order valence-electron chi connectivity index (χ4n) is 2.79. The lowest BCUT2D eigenvalue weighted by molar-refractivity contribution is 0.271. The molecular formula is C16H15Cl2F3N2O2S. The maximum atomic E-state index is 13.5. The highest BCUT2D eigenvalue weighted by Gasteiger charge is 2.35. The van der Waals surface area contributed by atoms with Crippen LogP contribution in [0.3, 0.4) is 0 Å². The van der Waals surface area contributed by atoms with Crippen molar-refractivity contribution in [3.63, 3.8) is 0 Å². The van der Waals surface area contributed by atoms with E-state index in [0.29, 0.717) is 35.8 Å². The molecule has 0 radical (unpaired) electrons. The molecule has 1 unspecified atom stereocenters. The number of hydrogen-bond acceptors (Lipinski definition) is 3. The second-order valence-corrected chi connectivity index (χ2v) is 7.92. The van der Waals surface area contributed by atoms with Gasteiger partial charge < -0.3 is 5.32 Å². The zero-order chi connectivity index (χ0) is 18.2. The predicted octanol–water partition coefficient (Wildman–Crippen LogP) is 3.51. The first kappa shape index (κ1) is 21.0. The third-order valence-electron chi connectivity index (χ3n) is 3.99. The first-order valence-corrected chi connectivity index (χ1v) is 9.25. The Kier molecular flexibility index (Phi) is 6.57. The Balaban J connectivity index is 0.00000243. The van der Waals surface area contributed by atoms with Gasteiger partial charge in [0.25, 0.3) is 0 Å². The molecule has 1 aliphatic rings. The number of nitrogens with zero attached hydrogens (tertiary/aromatic N) is 1. The van der Waals surface area contributed by atoms with Crippen LogP contribution in [0.1, 0.15) is 11.6 Å². The minimum atomic E-state index is -4.23. The third kappa shape index (κ3) is 3.99. The Morgan fingerprint density at radius 1 is 1.12 bits per heavy atom. The van der Waals surface area contributed by atoms with E-state index in [4.69, 9.17) is 11.6 Å². The van der Waals surface area contributed by atoms with E-state index in [2.05, 4.69) is 5.32 Å². The van der Waals surface area contributed by atoms with Crippen molar-refractivity contribution < 1.29 is 21.6 Å². The Labute approximate surface area is 160 Å². The monoisotopic (exact) mass is 426 g/mol. The molecule has 0 saturated carbocycles. The van der Waals surface area contributed by atoms with Crippen LogP contribution >= 0.6 is 24.0 Å². The van der Waals surface area contributed by atoms with Crippen molar-refractivity contribution >= 4 is 34.0 Å². The van der Waals surface area contributed by atoms with E-state index in [-0.39, 0.29) is 19.0 Å². The summed E-state index contributed by atoms with van der Waals surface area (Å²) in [6.45, 7) is 0.786. The van der Waals surface area contributed by atoms with Gasteiger partial charge >= 0.3 is 0 Å². The number of hydrogen-bond donors (Lipinski definition) is 1. The normalized spacial score (nSPS) is 18.4. The number of rotatable bonds is 3. The molecule has 1 atom stereocenters. The number of benzene rings is 2. The maximum Gasteiger partial charge on any atom is 0.243 e. The van der Waals surface area contributed by atoms with Crippen molar-refractivity contribution in [3.8, 4) is 0 Å². The van der Waals surface area contributed by atoms with Crippen molar-refractivity contribution in [3.05, 3.63) is 64.4 Å².